The second kappa shape index (κ2) is 22.8. The van der Waals surface area contributed by atoms with Crippen LogP contribution in [0.2, 0.25) is 0 Å². The van der Waals surface area contributed by atoms with Crippen LogP contribution < -0.4 is 43.4 Å². The molecule has 11 N–H and O–H groups in total. The Hall–Kier alpha value is -6.26. The van der Waals surface area contributed by atoms with Crippen LogP contribution in [-0.2, 0) is 48.0 Å². The van der Waals surface area contributed by atoms with Gasteiger partial charge in [-0.25, -0.2) is 4.98 Å². The van der Waals surface area contributed by atoms with E-state index in [0.717, 1.165) is 11.1 Å². The lowest BCUT2D eigenvalue weighted by Gasteiger charge is -2.27. The number of hydrogen-bond donors (Lipinski definition) is 9. The molecule has 1 fully saturated rings. The van der Waals surface area contributed by atoms with Crippen molar-refractivity contribution >= 4 is 41.4 Å². The summed E-state index contributed by atoms with van der Waals surface area (Å²) in [7, 11) is 0. The fourth-order valence-electron chi connectivity index (χ4n) is 6.09. The van der Waals surface area contributed by atoms with E-state index < -0.39 is 53.7 Å². The molecule has 3 aromatic rings. The van der Waals surface area contributed by atoms with Gasteiger partial charge in [0.15, 0.2) is 5.96 Å². The van der Waals surface area contributed by atoms with Crippen LogP contribution in [0.15, 0.2) is 78.2 Å². The van der Waals surface area contributed by atoms with Crippen molar-refractivity contribution < 1.29 is 28.8 Å². The molecule has 56 heavy (non-hydrogen) atoms. The van der Waals surface area contributed by atoms with E-state index in [1.54, 1.807) is 24.3 Å². The molecule has 0 spiro atoms. The van der Waals surface area contributed by atoms with Gasteiger partial charge in [-0.3, -0.25) is 33.8 Å². The van der Waals surface area contributed by atoms with Gasteiger partial charge in [0, 0.05) is 57.2 Å². The summed E-state index contributed by atoms with van der Waals surface area (Å²) in [5.74, 6) is -3.22. The van der Waals surface area contributed by atoms with Gasteiger partial charge in [0.2, 0.25) is 35.4 Å². The average molecular weight is 772 g/mol. The maximum Gasteiger partial charge on any atom is 0.243 e. The highest BCUT2D eigenvalue weighted by molar-refractivity contribution is 5.96. The third kappa shape index (κ3) is 15.2. The minimum absolute atomic E-state index is 0.0349. The summed E-state index contributed by atoms with van der Waals surface area (Å²) in [4.78, 5) is 92.5. The average Bonchev–Trinajstić information content (AvgIpc) is 3.71. The van der Waals surface area contributed by atoms with Crippen LogP contribution in [0.4, 0.5) is 0 Å². The minimum atomic E-state index is -1.24. The van der Waals surface area contributed by atoms with Gasteiger partial charge >= 0.3 is 0 Å². The monoisotopic (exact) mass is 771 g/mol. The van der Waals surface area contributed by atoms with E-state index in [9.17, 15) is 28.8 Å². The number of benzene rings is 2. The number of carbonyl (C=O) groups excluding carboxylic acids is 6. The normalized spacial score (nSPS) is 20.6. The van der Waals surface area contributed by atoms with Gasteiger partial charge < -0.3 is 48.4 Å². The van der Waals surface area contributed by atoms with Crippen molar-refractivity contribution in [1.29, 1.82) is 0 Å². The van der Waals surface area contributed by atoms with E-state index in [1.165, 1.54) is 12.5 Å². The first-order valence-corrected chi connectivity index (χ1v) is 18.9. The van der Waals surface area contributed by atoms with Gasteiger partial charge in [-0.2, -0.15) is 0 Å². The zero-order chi connectivity index (χ0) is 40.1. The number of carbonyl (C=O) groups is 6. The molecule has 4 atom stereocenters. The first-order chi connectivity index (χ1) is 27.1. The van der Waals surface area contributed by atoms with Gasteiger partial charge in [0.25, 0.3) is 0 Å². The molecule has 1 aromatic heterocycles. The summed E-state index contributed by atoms with van der Waals surface area (Å²) in [6.45, 7) is 0.836. The number of nitrogens with one attached hydrogen (secondary N) is 7. The Bertz CT molecular complexity index is 1750. The summed E-state index contributed by atoms with van der Waals surface area (Å²) in [5, 5.41) is 16.8. The Morgan fingerprint density at radius 2 is 1.39 bits per heavy atom. The highest BCUT2D eigenvalue weighted by Crippen LogP contribution is 2.10. The van der Waals surface area contributed by atoms with Gasteiger partial charge in [-0.1, -0.05) is 60.7 Å². The molecule has 17 nitrogen and oxygen atoms in total. The topological polar surface area (TPSA) is 268 Å². The smallest absolute Gasteiger partial charge is 0.243 e. The molecule has 4 rings (SSSR count). The Morgan fingerprint density at radius 3 is 2.05 bits per heavy atom. The van der Waals surface area contributed by atoms with Crippen LogP contribution in [-0.4, -0.2) is 95.2 Å². The number of nitrogens with two attached hydrogens (primary N) is 2. The predicted molar refractivity (Wildman–Crippen MR) is 209 cm³/mol. The van der Waals surface area contributed by atoms with Crippen molar-refractivity contribution in [3.8, 4) is 0 Å². The maximum atomic E-state index is 14.2. The lowest BCUT2D eigenvalue weighted by atomic mass is 10.0. The van der Waals surface area contributed by atoms with Crippen molar-refractivity contribution in [2.45, 2.75) is 88.4 Å². The van der Waals surface area contributed by atoms with Gasteiger partial charge in [0.1, 0.15) is 24.2 Å². The first-order valence-electron chi connectivity index (χ1n) is 18.9. The Kier molecular flexibility index (Phi) is 17.3. The van der Waals surface area contributed by atoms with Gasteiger partial charge in [0.05, 0.1) is 6.33 Å². The number of guanidine groups is 1. The van der Waals surface area contributed by atoms with Crippen LogP contribution in [0.3, 0.4) is 0 Å². The number of imidazole rings is 1. The van der Waals surface area contributed by atoms with E-state index in [0.29, 0.717) is 37.9 Å². The van der Waals surface area contributed by atoms with Crippen LogP contribution in [0.5, 0.6) is 0 Å². The Labute approximate surface area is 326 Å². The second-order valence-corrected chi connectivity index (χ2v) is 13.6. The molecule has 300 valence electrons. The third-order valence-electron chi connectivity index (χ3n) is 9.13. The maximum absolute atomic E-state index is 14.2. The summed E-state index contributed by atoms with van der Waals surface area (Å²) in [6.07, 6.45) is 5.05. The lowest BCUT2D eigenvalue weighted by Crippen LogP contribution is -2.59. The fourth-order valence-corrected chi connectivity index (χ4v) is 6.09. The number of aromatic amines is 1. The molecule has 1 aliphatic rings. The highest BCUT2D eigenvalue weighted by Gasteiger charge is 2.32. The molecule has 17 heteroatoms. The molecule has 6 amide bonds. The predicted octanol–water partition coefficient (Wildman–Crippen LogP) is -0.373. The molecular formula is C39H53N11O6. The summed E-state index contributed by atoms with van der Waals surface area (Å²) < 4.78 is 0. The number of amides is 6. The minimum Gasteiger partial charge on any atom is -0.370 e. The molecule has 0 radical (unpaired) electrons. The Balaban J connectivity index is 1.61. The number of nitrogens with zero attached hydrogens (tertiary/aromatic N) is 2. The molecule has 0 unspecified atom stereocenters. The summed E-state index contributed by atoms with van der Waals surface area (Å²) in [5.41, 5.74) is 13.1. The van der Waals surface area contributed by atoms with E-state index in [-0.39, 0.29) is 63.5 Å². The first kappa shape index (κ1) is 42.5. The third-order valence-corrected chi connectivity index (χ3v) is 9.13. The number of aliphatic imine (C=N–C) groups is 1. The quantitative estimate of drug-likeness (QED) is 0.0660. The van der Waals surface area contributed by atoms with Gasteiger partial charge in [-0.15, -0.1) is 0 Å². The molecule has 0 saturated carbocycles. The molecule has 0 bridgehead atoms. The van der Waals surface area contributed by atoms with Crippen LogP contribution in [0, 0.1) is 0 Å². The number of hydrogen-bond acceptors (Lipinski definition) is 8. The molecule has 1 aliphatic heterocycles. The molecule has 2 heterocycles. The number of aromatic nitrogens is 2. The summed E-state index contributed by atoms with van der Waals surface area (Å²) >= 11 is 0. The number of aryl methyl sites for hydroxylation is 1. The van der Waals surface area contributed by atoms with E-state index in [2.05, 4.69) is 46.9 Å². The van der Waals surface area contributed by atoms with E-state index in [1.807, 2.05) is 36.4 Å². The van der Waals surface area contributed by atoms with Crippen molar-refractivity contribution in [2.24, 2.45) is 16.5 Å². The number of rotatable bonds is 12. The van der Waals surface area contributed by atoms with E-state index >= 15 is 0 Å². The van der Waals surface area contributed by atoms with Crippen LogP contribution in [0.25, 0.3) is 0 Å². The number of H-pyrrole nitrogens is 1. The molecule has 1 saturated heterocycles. The van der Waals surface area contributed by atoms with Crippen molar-refractivity contribution in [1.82, 2.24) is 41.9 Å². The second-order valence-electron chi connectivity index (χ2n) is 13.6. The zero-order valence-corrected chi connectivity index (χ0v) is 31.4. The lowest BCUT2D eigenvalue weighted by molar-refractivity contribution is -0.135. The van der Waals surface area contributed by atoms with Crippen molar-refractivity contribution in [3.63, 3.8) is 0 Å². The van der Waals surface area contributed by atoms with Crippen LogP contribution >= 0.6 is 0 Å². The zero-order valence-electron chi connectivity index (χ0n) is 31.4. The standard InChI is InChI=1S/C39H53N11O6/c40-39(41)45-21-9-14-29-35(53)44-20-8-7-19-43-33(51)18-16-30(47-34(52)17-15-26-10-3-1-4-11-26)36(54)50-32(23-28-24-42-25-46-28)38(56)49-31(37(55)48-29)22-27-12-5-2-6-13-27/h1-6,10-13,24-25,29-32H,7-9,14-23H2,(H,42,46)(H,43,51)(H,44,53)(H,47,52)(H,48,55)(H,49,56)(H,50,54)(H4,40,41,45)/t29-,30-,31+,32-/m0/s1. The van der Waals surface area contributed by atoms with Gasteiger partial charge in [-0.05, 0) is 49.7 Å². The van der Waals surface area contributed by atoms with Crippen LogP contribution in [0.1, 0.15) is 61.8 Å². The highest BCUT2D eigenvalue weighted by atomic mass is 16.2. The largest absolute Gasteiger partial charge is 0.370 e. The molecule has 2 aromatic carbocycles. The Morgan fingerprint density at radius 1 is 0.768 bits per heavy atom. The fraction of sp³-hybridized carbons (Fsp3) is 0.436. The SMILES string of the molecule is NC(N)=NCCC[C@@H]1NC(=O)[C@@H](Cc2ccccc2)NC(=O)[C@H](Cc2cnc[nH]2)NC(=O)[C@@H](NC(=O)CCc2ccccc2)CCC(=O)NCCCCNC1=O. The molecule has 0 aliphatic carbocycles. The molecular weight excluding hydrogens is 718 g/mol. The van der Waals surface area contributed by atoms with Crippen molar-refractivity contribution in [2.75, 3.05) is 19.6 Å². The van der Waals surface area contributed by atoms with E-state index in [4.69, 9.17) is 11.5 Å². The summed E-state index contributed by atoms with van der Waals surface area (Å²) in [6, 6.07) is 13.9. The van der Waals surface area contributed by atoms with Crippen molar-refractivity contribution in [3.05, 3.63) is 90.0 Å².